The second-order valence-corrected chi connectivity index (χ2v) is 4.69. The molecule has 0 saturated carbocycles. The Balaban J connectivity index is 2.19. The van der Waals surface area contributed by atoms with Crippen molar-refractivity contribution in [3.63, 3.8) is 0 Å². The zero-order chi connectivity index (χ0) is 12.3. The first-order valence-corrected chi connectivity index (χ1v) is 6.08. The van der Waals surface area contributed by atoms with Crippen molar-refractivity contribution in [3.8, 4) is 0 Å². The van der Waals surface area contributed by atoms with Crippen molar-refractivity contribution in [2.45, 2.75) is 6.54 Å². The molecular weight excluding hydrogens is 260 g/mol. The van der Waals surface area contributed by atoms with Gasteiger partial charge in [0.2, 0.25) is 0 Å². The van der Waals surface area contributed by atoms with E-state index in [0.29, 0.717) is 12.4 Å². The maximum atomic E-state index is 11.0. The number of nitrogens with one attached hydrogen (secondary N) is 1. The van der Waals surface area contributed by atoms with Crippen LogP contribution in [-0.4, -0.2) is 16.1 Å². The molecule has 0 amide bonds. The molecular formula is C11H9ClN2O2S. The number of nitrogens with zero attached hydrogens (tertiary/aromatic N) is 1. The van der Waals surface area contributed by atoms with Crippen molar-refractivity contribution in [1.29, 1.82) is 0 Å². The Hall–Kier alpha value is -1.59. The largest absolute Gasteiger partial charge is 0.478 e. The van der Waals surface area contributed by atoms with E-state index in [2.05, 4.69) is 10.3 Å². The molecule has 6 heteroatoms. The van der Waals surface area contributed by atoms with Gasteiger partial charge in [0, 0.05) is 4.88 Å². The van der Waals surface area contributed by atoms with Crippen molar-refractivity contribution < 1.29 is 9.90 Å². The Morgan fingerprint density at radius 2 is 2.29 bits per heavy atom. The number of carbonyl (C=O) groups is 1. The fraction of sp³-hybridized carbons (Fsp3) is 0.0909. The van der Waals surface area contributed by atoms with Crippen LogP contribution in [0.15, 0.2) is 29.6 Å². The molecule has 2 N–H and O–H groups in total. The summed E-state index contributed by atoms with van der Waals surface area (Å²) in [5.74, 6) is -0.735. The van der Waals surface area contributed by atoms with E-state index in [1.807, 2.05) is 17.5 Å². The van der Waals surface area contributed by atoms with Gasteiger partial charge in [-0.25, -0.2) is 9.78 Å². The summed E-state index contributed by atoms with van der Waals surface area (Å²) in [6, 6.07) is 6.80. The summed E-state index contributed by atoms with van der Waals surface area (Å²) < 4.78 is 0. The van der Waals surface area contributed by atoms with Crippen LogP contribution in [0.2, 0.25) is 5.15 Å². The van der Waals surface area contributed by atoms with E-state index in [0.717, 1.165) is 4.88 Å². The molecule has 0 aromatic carbocycles. The monoisotopic (exact) mass is 268 g/mol. The number of halogens is 1. The van der Waals surface area contributed by atoms with Crippen LogP contribution in [0.5, 0.6) is 0 Å². The molecule has 0 unspecified atom stereocenters. The number of hydrogen-bond acceptors (Lipinski definition) is 4. The fourth-order valence-electron chi connectivity index (χ4n) is 1.33. The van der Waals surface area contributed by atoms with Crippen molar-refractivity contribution in [2.75, 3.05) is 5.32 Å². The van der Waals surface area contributed by atoms with Gasteiger partial charge in [-0.2, -0.15) is 0 Å². The minimum Gasteiger partial charge on any atom is -0.478 e. The van der Waals surface area contributed by atoms with Crippen molar-refractivity contribution in [1.82, 2.24) is 4.98 Å². The molecule has 2 aromatic heterocycles. The minimum absolute atomic E-state index is 0.117. The lowest BCUT2D eigenvalue weighted by molar-refractivity contribution is 0.0697. The lowest BCUT2D eigenvalue weighted by Gasteiger charge is -2.07. The maximum absolute atomic E-state index is 11.0. The van der Waals surface area contributed by atoms with Crippen LogP contribution in [0.25, 0.3) is 0 Å². The molecule has 2 heterocycles. The van der Waals surface area contributed by atoms with Gasteiger partial charge in [0.15, 0.2) is 0 Å². The molecule has 17 heavy (non-hydrogen) atoms. The van der Waals surface area contributed by atoms with E-state index in [1.165, 1.54) is 12.1 Å². The maximum Gasteiger partial charge on any atom is 0.339 e. The molecule has 88 valence electrons. The van der Waals surface area contributed by atoms with E-state index < -0.39 is 5.97 Å². The molecule has 0 aliphatic rings. The highest BCUT2D eigenvalue weighted by Crippen LogP contribution is 2.18. The Bertz CT molecular complexity index is 528. The molecule has 2 rings (SSSR count). The van der Waals surface area contributed by atoms with Gasteiger partial charge in [0.25, 0.3) is 0 Å². The minimum atomic E-state index is -1.03. The van der Waals surface area contributed by atoms with Crippen LogP contribution in [0.3, 0.4) is 0 Å². The molecule has 0 atom stereocenters. The van der Waals surface area contributed by atoms with Gasteiger partial charge in [-0.15, -0.1) is 11.3 Å². The average Bonchev–Trinajstić information content (AvgIpc) is 2.78. The number of anilines is 1. The van der Waals surface area contributed by atoms with Crippen LogP contribution in [0, 0.1) is 0 Å². The van der Waals surface area contributed by atoms with Crippen molar-refractivity contribution in [2.24, 2.45) is 0 Å². The zero-order valence-corrected chi connectivity index (χ0v) is 10.3. The highest BCUT2D eigenvalue weighted by atomic mass is 35.5. The Kier molecular flexibility index (Phi) is 3.61. The first-order chi connectivity index (χ1) is 8.16. The summed E-state index contributed by atoms with van der Waals surface area (Å²) in [4.78, 5) is 16.0. The standard InChI is InChI=1S/C11H9ClN2O2S/c12-9-4-3-8(11(15)16)10(14-9)13-6-7-2-1-5-17-7/h1-5H,6H2,(H,13,14)(H,15,16). The van der Waals surface area contributed by atoms with Crippen LogP contribution < -0.4 is 5.32 Å². The first kappa shape index (κ1) is 11.9. The number of rotatable bonds is 4. The molecule has 0 aliphatic heterocycles. The van der Waals surface area contributed by atoms with Gasteiger partial charge in [-0.05, 0) is 23.6 Å². The number of pyridine rings is 1. The summed E-state index contributed by atoms with van der Waals surface area (Å²) in [6.45, 7) is 0.533. The number of hydrogen-bond donors (Lipinski definition) is 2. The van der Waals surface area contributed by atoms with Crippen molar-refractivity contribution in [3.05, 3.63) is 45.2 Å². The highest BCUT2D eigenvalue weighted by molar-refractivity contribution is 7.09. The van der Waals surface area contributed by atoms with Crippen LogP contribution in [-0.2, 0) is 6.54 Å². The zero-order valence-electron chi connectivity index (χ0n) is 8.68. The number of carboxylic acid groups (broad SMARTS) is 1. The van der Waals surface area contributed by atoms with E-state index in [-0.39, 0.29) is 10.7 Å². The van der Waals surface area contributed by atoms with Crippen LogP contribution in [0.4, 0.5) is 5.82 Å². The number of carboxylic acids is 1. The number of thiophene rings is 1. The summed E-state index contributed by atoms with van der Waals surface area (Å²) in [7, 11) is 0. The Morgan fingerprint density at radius 1 is 1.47 bits per heavy atom. The van der Waals surface area contributed by atoms with E-state index in [1.54, 1.807) is 11.3 Å². The second kappa shape index (κ2) is 5.16. The lowest BCUT2D eigenvalue weighted by Crippen LogP contribution is -2.07. The first-order valence-electron chi connectivity index (χ1n) is 4.83. The third-order valence-electron chi connectivity index (χ3n) is 2.10. The van der Waals surface area contributed by atoms with Gasteiger partial charge in [0.05, 0.1) is 6.54 Å². The average molecular weight is 269 g/mol. The number of aromatic nitrogens is 1. The number of aromatic carboxylic acids is 1. The summed E-state index contributed by atoms with van der Waals surface area (Å²) in [5.41, 5.74) is 0.117. The smallest absolute Gasteiger partial charge is 0.339 e. The molecule has 4 nitrogen and oxygen atoms in total. The van der Waals surface area contributed by atoms with Gasteiger partial charge in [0.1, 0.15) is 16.5 Å². The predicted molar refractivity (Wildman–Crippen MR) is 67.9 cm³/mol. The van der Waals surface area contributed by atoms with Crippen molar-refractivity contribution >= 4 is 34.7 Å². The summed E-state index contributed by atoms with van der Waals surface area (Å²) in [6.07, 6.45) is 0. The second-order valence-electron chi connectivity index (χ2n) is 3.27. The topological polar surface area (TPSA) is 62.2 Å². The van der Waals surface area contributed by atoms with Gasteiger partial charge >= 0.3 is 5.97 Å². The molecule has 0 radical (unpaired) electrons. The highest BCUT2D eigenvalue weighted by Gasteiger charge is 2.11. The molecule has 0 bridgehead atoms. The summed E-state index contributed by atoms with van der Waals surface area (Å²) >= 11 is 7.33. The molecule has 0 fully saturated rings. The molecule has 0 saturated heterocycles. The van der Waals surface area contributed by atoms with E-state index in [9.17, 15) is 4.79 Å². The van der Waals surface area contributed by atoms with Crippen LogP contribution >= 0.6 is 22.9 Å². The van der Waals surface area contributed by atoms with E-state index in [4.69, 9.17) is 16.7 Å². The molecule has 0 aliphatic carbocycles. The molecule has 0 spiro atoms. The van der Waals surface area contributed by atoms with E-state index >= 15 is 0 Å². The fourth-order valence-corrected chi connectivity index (χ4v) is 2.12. The van der Waals surface area contributed by atoms with Crippen LogP contribution in [0.1, 0.15) is 15.2 Å². The molecule has 2 aromatic rings. The van der Waals surface area contributed by atoms with Gasteiger partial charge in [-0.1, -0.05) is 17.7 Å². The predicted octanol–water partition coefficient (Wildman–Crippen LogP) is 3.11. The third kappa shape index (κ3) is 2.95. The normalized spacial score (nSPS) is 10.2. The lowest BCUT2D eigenvalue weighted by atomic mass is 10.2. The SMILES string of the molecule is O=C(O)c1ccc(Cl)nc1NCc1cccs1. The quantitative estimate of drug-likeness (QED) is 0.837. The Morgan fingerprint density at radius 3 is 2.94 bits per heavy atom. The van der Waals surface area contributed by atoms with Gasteiger partial charge in [-0.3, -0.25) is 0 Å². The Labute approximate surface area is 107 Å². The third-order valence-corrected chi connectivity index (χ3v) is 3.19. The summed E-state index contributed by atoms with van der Waals surface area (Å²) in [5, 5.41) is 14.2. The van der Waals surface area contributed by atoms with Gasteiger partial charge < -0.3 is 10.4 Å².